The first-order valence-corrected chi connectivity index (χ1v) is 11.4. The van der Waals surface area contributed by atoms with Crippen molar-refractivity contribution in [2.45, 2.75) is 52.5 Å². The Balaban J connectivity index is 1.52. The number of nitrogens with zero attached hydrogens (tertiary/aromatic N) is 4. The maximum atomic E-state index is 13.2. The zero-order valence-corrected chi connectivity index (χ0v) is 18.8. The molecule has 1 aliphatic heterocycles. The van der Waals surface area contributed by atoms with Crippen LogP contribution in [-0.4, -0.2) is 50.8 Å². The summed E-state index contributed by atoms with van der Waals surface area (Å²) in [5.74, 6) is 0.708. The van der Waals surface area contributed by atoms with Crippen molar-refractivity contribution in [2.75, 3.05) is 19.6 Å². The lowest BCUT2D eigenvalue weighted by molar-refractivity contribution is 0.0948. The molecular formula is C25H33N5O. The van der Waals surface area contributed by atoms with Crippen molar-refractivity contribution in [2.24, 2.45) is 0 Å². The number of benzene rings is 1. The third-order valence-electron chi connectivity index (χ3n) is 6.24. The maximum absolute atomic E-state index is 13.2. The van der Waals surface area contributed by atoms with Gasteiger partial charge in [-0.2, -0.15) is 5.10 Å². The van der Waals surface area contributed by atoms with Crippen molar-refractivity contribution in [1.82, 2.24) is 24.6 Å². The number of aryl methyl sites for hydroxylation is 2. The van der Waals surface area contributed by atoms with Crippen LogP contribution in [0, 0.1) is 13.8 Å². The minimum absolute atomic E-state index is 0.0637. The number of piperidine rings is 1. The number of carbonyl (C=O) groups excluding carboxylic acids is 1. The van der Waals surface area contributed by atoms with Gasteiger partial charge in [0.15, 0.2) is 5.82 Å². The molecule has 1 amide bonds. The molecule has 2 aromatic heterocycles. The lowest BCUT2D eigenvalue weighted by Gasteiger charge is -2.33. The highest BCUT2D eigenvalue weighted by molar-refractivity contribution is 5.98. The van der Waals surface area contributed by atoms with Gasteiger partial charge < -0.3 is 14.8 Å². The fourth-order valence-corrected chi connectivity index (χ4v) is 4.42. The predicted octanol–water partition coefficient (Wildman–Crippen LogP) is 4.27. The largest absolute Gasteiger partial charge is 0.352 e. The molecule has 164 valence electrons. The second-order valence-corrected chi connectivity index (χ2v) is 8.61. The van der Waals surface area contributed by atoms with Crippen LogP contribution in [0.15, 0.2) is 48.8 Å². The van der Waals surface area contributed by atoms with Crippen LogP contribution in [0.3, 0.4) is 0 Å². The molecule has 0 bridgehead atoms. The SMILES string of the molecule is Cc1ccc(-n2nc(C)c(C(=O)NCCCN3CCCC[C@@H]3C)c2-n2cccc2)cc1. The van der Waals surface area contributed by atoms with Gasteiger partial charge in [-0.05, 0) is 70.8 Å². The highest BCUT2D eigenvalue weighted by Gasteiger charge is 2.24. The van der Waals surface area contributed by atoms with E-state index in [1.54, 1.807) is 0 Å². The van der Waals surface area contributed by atoms with Crippen LogP contribution in [0.5, 0.6) is 0 Å². The van der Waals surface area contributed by atoms with E-state index in [0.717, 1.165) is 30.2 Å². The van der Waals surface area contributed by atoms with Crippen molar-refractivity contribution in [1.29, 1.82) is 0 Å². The molecule has 1 saturated heterocycles. The molecule has 3 heterocycles. The Kier molecular flexibility index (Phi) is 6.56. The average Bonchev–Trinajstić information content (AvgIpc) is 3.40. The molecule has 1 aromatic carbocycles. The summed E-state index contributed by atoms with van der Waals surface area (Å²) >= 11 is 0. The number of hydrogen-bond donors (Lipinski definition) is 1. The van der Waals surface area contributed by atoms with Gasteiger partial charge >= 0.3 is 0 Å². The molecule has 0 saturated carbocycles. The van der Waals surface area contributed by atoms with Gasteiger partial charge in [0.1, 0.15) is 5.56 Å². The van der Waals surface area contributed by atoms with E-state index in [0.29, 0.717) is 18.2 Å². The van der Waals surface area contributed by atoms with Crippen molar-refractivity contribution in [3.05, 3.63) is 65.6 Å². The Morgan fingerprint density at radius 2 is 1.87 bits per heavy atom. The first-order valence-electron chi connectivity index (χ1n) is 11.4. The lowest BCUT2D eigenvalue weighted by atomic mass is 10.0. The fourth-order valence-electron chi connectivity index (χ4n) is 4.42. The third-order valence-corrected chi connectivity index (χ3v) is 6.24. The van der Waals surface area contributed by atoms with Crippen molar-refractivity contribution < 1.29 is 4.79 Å². The van der Waals surface area contributed by atoms with E-state index in [9.17, 15) is 4.79 Å². The summed E-state index contributed by atoms with van der Waals surface area (Å²) < 4.78 is 3.82. The number of rotatable bonds is 7. The van der Waals surface area contributed by atoms with Crippen LogP contribution in [0.4, 0.5) is 0 Å². The van der Waals surface area contributed by atoms with Crippen LogP contribution in [0.25, 0.3) is 11.5 Å². The lowest BCUT2D eigenvalue weighted by Crippen LogP contribution is -2.39. The quantitative estimate of drug-likeness (QED) is 0.582. The molecule has 31 heavy (non-hydrogen) atoms. The van der Waals surface area contributed by atoms with Crippen LogP contribution in [0.2, 0.25) is 0 Å². The van der Waals surface area contributed by atoms with Gasteiger partial charge in [-0.15, -0.1) is 0 Å². The van der Waals surface area contributed by atoms with Crippen LogP contribution in [-0.2, 0) is 0 Å². The molecule has 0 radical (unpaired) electrons. The van der Waals surface area contributed by atoms with Gasteiger partial charge in [-0.25, -0.2) is 4.68 Å². The van der Waals surface area contributed by atoms with Crippen LogP contribution >= 0.6 is 0 Å². The van der Waals surface area contributed by atoms with Gasteiger partial charge in [-0.1, -0.05) is 24.1 Å². The summed E-state index contributed by atoms with van der Waals surface area (Å²) in [6, 6.07) is 12.8. The molecule has 0 unspecified atom stereocenters. The monoisotopic (exact) mass is 419 g/mol. The van der Waals surface area contributed by atoms with Crippen molar-refractivity contribution >= 4 is 5.91 Å². The van der Waals surface area contributed by atoms with Gasteiger partial charge in [0.25, 0.3) is 5.91 Å². The Morgan fingerprint density at radius 3 is 2.58 bits per heavy atom. The number of carbonyl (C=O) groups is 1. The highest BCUT2D eigenvalue weighted by atomic mass is 16.1. The second-order valence-electron chi connectivity index (χ2n) is 8.61. The van der Waals surface area contributed by atoms with Crippen LogP contribution < -0.4 is 5.32 Å². The maximum Gasteiger partial charge on any atom is 0.256 e. The molecular weight excluding hydrogens is 386 g/mol. The van der Waals surface area contributed by atoms with Gasteiger partial charge in [-0.3, -0.25) is 4.79 Å². The van der Waals surface area contributed by atoms with E-state index in [-0.39, 0.29) is 5.91 Å². The van der Waals surface area contributed by atoms with Gasteiger partial charge in [0.2, 0.25) is 0 Å². The van der Waals surface area contributed by atoms with Crippen molar-refractivity contribution in [3.8, 4) is 11.5 Å². The minimum Gasteiger partial charge on any atom is -0.352 e. The number of likely N-dealkylation sites (tertiary alicyclic amines) is 1. The topological polar surface area (TPSA) is 55.1 Å². The number of hydrogen-bond acceptors (Lipinski definition) is 3. The molecule has 1 N–H and O–H groups in total. The summed E-state index contributed by atoms with van der Waals surface area (Å²) in [6.07, 6.45) is 8.77. The minimum atomic E-state index is -0.0637. The number of aromatic nitrogens is 3. The summed E-state index contributed by atoms with van der Waals surface area (Å²) in [5, 5.41) is 7.86. The molecule has 1 fully saturated rings. The second kappa shape index (κ2) is 9.52. The predicted molar refractivity (Wildman–Crippen MR) is 124 cm³/mol. The molecule has 6 nitrogen and oxygen atoms in total. The molecule has 6 heteroatoms. The zero-order valence-electron chi connectivity index (χ0n) is 18.8. The molecule has 1 aliphatic rings. The Morgan fingerprint density at radius 1 is 1.13 bits per heavy atom. The molecule has 0 spiro atoms. The molecule has 3 aromatic rings. The van der Waals surface area contributed by atoms with Crippen molar-refractivity contribution in [3.63, 3.8) is 0 Å². The van der Waals surface area contributed by atoms with E-state index in [1.165, 1.54) is 31.4 Å². The normalized spacial score (nSPS) is 17.1. The number of nitrogens with one attached hydrogen (secondary N) is 1. The average molecular weight is 420 g/mol. The summed E-state index contributed by atoms with van der Waals surface area (Å²) in [4.78, 5) is 15.7. The smallest absolute Gasteiger partial charge is 0.256 e. The Hall–Kier alpha value is -2.86. The molecule has 4 rings (SSSR count). The first kappa shape index (κ1) is 21.4. The van der Waals surface area contributed by atoms with E-state index < -0.39 is 0 Å². The summed E-state index contributed by atoms with van der Waals surface area (Å²) in [5.41, 5.74) is 3.49. The standard InChI is InChI=1S/C25H33N5O/c1-19-10-12-22(13-11-19)30-25(29-16-6-7-17-29)23(21(3)27-30)24(31)26-14-8-18-28-15-5-4-9-20(28)2/h6-7,10-13,16-17,20H,4-5,8-9,14-15,18H2,1-3H3,(H,26,31)/t20-/m0/s1. The third kappa shape index (κ3) is 4.74. The van der Waals surface area contributed by atoms with E-state index in [4.69, 9.17) is 5.10 Å². The van der Waals surface area contributed by atoms with E-state index in [1.807, 2.05) is 52.8 Å². The number of amides is 1. The highest BCUT2D eigenvalue weighted by Crippen LogP contribution is 2.23. The van der Waals surface area contributed by atoms with E-state index in [2.05, 4.69) is 36.2 Å². The van der Waals surface area contributed by atoms with Crippen LogP contribution in [0.1, 0.15) is 54.2 Å². The molecule has 0 aliphatic carbocycles. The zero-order chi connectivity index (χ0) is 21.8. The fraction of sp³-hybridized carbons (Fsp3) is 0.440. The summed E-state index contributed by atoms with van der Waals surface area (Å²) in [7, 11) is 0. The van der Waals surface area contributed by atoms with Gasteiger partial charge in [0.05, 0.1) is 11.4 Å². The van der Waals surface area contributed by atoms with E-state index >= 15 is 0 Å². The Bertz CT molecular complexity index is 1000. The Labute approximate surface area is 184 Å². The first-order chi connectivity index (χ1) is 15.0. The van der Waals surface area contributed by atoms with Gasteiger partial charge in [0, 0.05) is 31.5 Å². The molecule has 1 atom stereocenters. The summed E-state index contributed by atoms with van der Waals surface area (Å²) in [6.45, 7) is 9.16.